The van der Waals surface area contributed by atoms with Crippen molar-refractivity contribution < 1.29 is 13.2 Å². The highest BCUT2D eigenvalue weighted by Crippen LogP contribution is 2.30. The maximum absolute atomic E-state index is 12.5. The van der Waals surface area contributed by atoms with Gasteiger partial charge >= 0.3 is 6.18 Å². The number of alkyl halides is 4. The SMILES string of the molecule is FC(F)(F)c1cccc(-n2cc(CCCl)nn2)c1. The Balaban J connectivity index is 2.32. The van der Waals surface area contributed by atoms with Gasteiger partial charge in [-0.25, -0.2) is 4.68 Å². The second-order valence-corrected chi connectivity index (χ2v) is 4.02. The molecule has 2 aromatic rings. The van der Waals surface area contributed by atoms with Gasteiger partial charge in [-0.05, 0) is 18.2 Å². The van der Waals surface area contributed by atoms with Gasteiger partial charge in [0.1, 0.15) is 0 Å². The summed E-state index contributed by atoms with van der Waals surface area (Å²) in [5.74, 6) is 0.390. The van der Waals surface area contributed by atoms with Crippen LogP contribution >= 0.6 is 11.6 Å². The highest BCUT2D eigenvalue weighted by atomic mass is 35.5. The summed E-state index contributed by atoms with van der Waals surface area (Å²) in [6.07, 6.45) is -2.27. The molecular weight excluding hydrogens is 267 g/mol. The number of benzene rings is 1. The van der Waals surface area contributed by atoms with Crippen LogP contribution in [0.2, 0.25) is 0 Å². The first-order valence-electron chi connectivity index (χ1n) is 5.15. The number of hydrogen-bond donors (Lipinski definition) is 0. The summed E-state index contributed by atoms with van der Waals surface area (Å²) in [4.78, 5) is 0. The van der Waals surface area contributed by atoms with Crippen LogP contribution in [-0.2, 0) is 12.6 Å². The van der Waals surface area contributed by atoms with Crippen molar-refractivity contribution in [1.29, 1.82) is 0 Å². The van der Waals surface area contributed by atoms with Crippen molar-refractivity contribution in [2.75, 3.05) is 5.88 Å². The molecule has 0 atom stereocenters. The summed E-state index contributed by atoms with van der Waals surface area (Å²) in [5.41, 5.74) is 0.245. The van der Waals surface area contributed by atoms with Gasteiger partial charge in [0.25, 0.3) is 0 Å². The molecule has 0 spiro atoms. The second kappa shape index (κ2) is 4.97. The molecule has 0 aliphatic heterocycles. The maximum atomic E-state index is 12.5. The van der Waals surface area contributed by atoms with Crippen LogP contribution in [0.3, 0.4) is 0 Å². The van der Waals surface area contributed by atoms with Crippen molar-refractivity contribution in [3.63, 3.8) is 0 Å². The molecule has 1 aromatic carbocycles. The van der Waals surface area contributed by atoms with Gasteiger partial charge in [0.2, 0.25) is 0 Å². The zero-order valence-corrected chi connectivity index (χ0v) is 9.91. The van der Waals surface area contributed by atoms with Gasteiger partial charge in [-0.2, -0.15) is 13.2 Å². The van der Waals surface area contributed by atoms with E-state index in [0.29, 0.717) is 23.7 Å². The Morgan fingerprint density at radius 3 is 2.72 bits per heavy atom. The maximum Gasteiger partial charge on any atom is 0.416 e. The highest BCUT2D eigenvalue weighted by Gasteiger charge is 2.30. The molecule has 2 rings (SSSR count). The number of hydrogen-bond acceptors (Lipinski definition) is 2. The topological polar surface area (TPSA) is 30.7 Å². The van der Waals surface area contributed by atoms with Crippen LogP contribution in [0.1, 0.15) is 11.3 Å². The van der Waals surface area contributed by atoms with Crippen molar-refractivity contribution in [3.05, 3.63) is 41.7 Å². The number of aryl methyl sites for hydroxylation is 1. The van der Waals surface area contributed by atoms with E-state index in [4.69, 9.17) is 11.6 Å². The lowest BCUT2D eigenvalue weighted by atomic mass is 10.2. The Morgan fingerprint density at radius 1 is 1.28 bits per heavy atom. The predicted octanol–water partition coefficient (Wildman–Crippen LogP) is 3.07. The number of halogens is 4. The first kappa shape index (κ1) is 12.9. The molecule has 7 heteroatoms. The summed E-state index contributed by atoms with van der Waals surface area (Å²) in [6, 6.07) is 4.91. The summed E-state index contributed by atoms with van der Waals surface area (Å²) >= 11 is 5.55. The number of aromatic nitrogens is 3. The normalized spacial score (nSPS) is 11.8. The van der Waals surface area contributed by atoms with Gasteiger partial charge < -0.3 is 0 Å². The average Bonchev–Trinajstić information content (AvgIpc) is 2.77. The van der Waals surface area contributed by atoms with Crippen molar-refractivity contribution in [2.45, 2.75) is 12.6 Å². The molecule has 18 heavy (non-hydrogen) atoms. The van der Waals surface area contributed by atoms with Crippen LogP contribution < -0.4 is 0 Å². The van der Waals surface area contributed by atoms with E-state index in [1.165, 1.54) is 16.8 Å². The minimum Gasteiger partial charge on any atom is -0.220 e. The fraction of sp³-hybridized carbons (Fsp3) is 0.273. The van der Waals surface area contributed by atoms with Gasteiger partial charge in [0, 0.05) is 12.3 Å². The minimum absolute atomic E-state index is 0.318. The van der Waals surface area contributed by atoms with E-state index < -0.39 is 11.7 Å². The average molecular weight is 276 g/mol. The molecule has 1 heterocycles. The van der Waals surface area contributed by atoms with Crippen molar-refractivity contribution in [3.8, 4) is 5.69 Å². The largest absolute Gasteiger partial charge is 0.416 e. The molecule has 0 unspecified atom stereocenters. The molecule has 1 aromatic heterocycles. The fourth-order valence-electron chi connectivity index (χ4n) is 1.46. The third-order valence-electron chi connectivity index (χ3n) is 2.33. The molecule has 0 N–H and O–H groups in total. The fourth-order valence-corrected chi connectivity index (χ4v) is 1.65. The van der Waals surface area contributed by atoms with Gasteiger partial charge in [-0.15, -0.1) is 16.7 Å². The zero-order chi connectivity index (χ0) is 13.2. The van der Waals surface area contributed by atoms with Crippen LogP contribution in [0.5, 0.6) is 0 Å². The van der Waals surface area contributed by atoms with Gasteiger partial charge in [-0.3, -0.25) is 0 Å². The lowest BCUT2D eigenvalue weighted by molar-refractivity contribution is -0.137. The lowest BCUT2D eigenvalue weighted by Gasteiger charge is -2.07. The van der Waals surface area contributed by atoms with Crippen LogP contribution in [-0.4, -0.2) is 20.9 Å². The van der Waals surface area contributed by atoms with Crippen LogP contribution in [0.25, 0.3) is 5.69 Å². The van der Waals surface area contributed by atoms with E-state index in [1.807, 2.05) is 0 Å². The molecule has 0 aliphatic carbocycles. The van der Waals surface area contributed by atoms with E-state index >= 15 is 0 Å². The molecule has 3 nitrogen and oxygen atoms in total. The third-order valence-corrected chi connectivity index (χ3v) is 2.52. The molecule has 0 amide bonds. The minimum atomic E-state index is -4.37. The Labute approximate surface area is 106 Å². The molecule has 96 valence electrons. The first-order valence-corrected chi connectivity index (χ1v) is 5.69. The standard InChI is InChI=1S/C11H9ClF3N3/c12-5-4-9-7-18(17-16-9)10-3-1-2-8(6-10)11(13,14)15/h1-3,6-7H,4-5H2. The summed E-state index contributed by atoms with van der Waals surface area (Å²) in [5, 5.41) is 7.59. The van der Waals surface area contributed by atoms with E-state index in [9.17, 15) is 13.2 Å². The Bertz CT molecular complexity index is 536. The van der Waals surface area contributed by atoms with E-state index in [1.54, 1.807) is 6.20 Å². The quantitative estimate of drug-likeness (QED) is 0.806. The Hall–Kier alpha value is -1.56. The predicted molar refractivity (Wildman–Crippen MR) is 60.8 cm³/mol. The van der Waals surface area contributed by atoms with Gasteiger partial charge in [-0.1, -0.05) is 11.3 Å². The highest BCUT2D eigenvalue weighted by molar-refractivity contribution is 6.17. The molecule has 0 radical (unpaired) electrons. The molecular formula is C11H9ClF3N3. The zero-order valence-electron chi connectivity index (χ0n) is 9.15. The Morgan fingerprint density at radius 2 is 2.06 bits per heavy atom. The molecule has 0 bridgehead atoms. The molecule has 0 aliphatic rings. The third kappa shape index (κ3) is 2.81. The van der Waals surface area contributed by atoms with Gasteiger partial charge in [0.05, 0.1) is 23.1 Å². The monoisotopic (exact) mass is 275 g/mol. The van der Waals surface area contributed by atoms with E-state index in [0.717, 1.165) is 12.1 Å². The number of nitrogens with zero attached hydrogens (tertiary/aromatic N) is 3. The van der Waals surface area contributed by atoms with Crippen LogP contribution in [0.15, 0.2) is 30.5 Å². The smallest absolute Gasteiger partial charge is 0.220 e. The lowest BCUT2D eigenvalue weighted by Crippen LogP contribution is -2.06. The summed E-state index contributed by atoms with van der Waals surface area (Å²) in [7, 11) is 0. The first-order chi connectivity index (χ1) is 8.50. The van der Waals surface area contributed by atoms with E-state index in [-0.39, 0.29) is 0 Å². The van der Waals surface area contributed by atoms with Crippen LogP contribution in [0, 0.1) is 0 Å². The van der Waals surface area contributed by atoms with Crippen molar-refractivity contribution in [1.82, 2.24) is 15.0 Å². The number of rotatable bonds is 3. The summed E-state index contributed by atoms with van der Waals surface area (Å²) < 4.78 is 38.9. The van der Waals surface area contributed by atoms with Gasteiger partial charge in [0.15, 0.2) is 0 Å². The van der Waals surface area contributed by atoms with Crippen LogP contribution in [0.4, 0.5) is 13.2 Å². The molecule has 0 saturated heterocycles. The Kier molecular flexibility index (Phi) is 3.56. The van der Waals surface area contributed by atoms with Crippen molar-refractivity contribution in [2.24, 2.45) is 0 Å². The molecule has 0 saturated carbocycles. The molecule has 0 fully saturated rings. The van der Waals surface area contributed by atoms with E-state index in [2.05, 4.69) is 10.3 Å². The summed E-state index contributed by atoms with van der Waals surface area (Å²) in [6.45, 7) is 0. The second-order valence-electron chi connectivity index (χ2n) is 3.64. The van der Waals surface area contributed by atoms with Crippen molar-refractivity contribution >= 4 is 11.6 Å².